The maximum Gasteiger partial charge on any atom is 0.0705 e. The van der Waals surface area contributed by atoms with Gasteiger partial charge < -0.3 is 0 Å². The van der Waals surface area contributed by atoms with Crippen molar-refractivity contribution in [3.8, 4) is 0 Å². The highest BCUT2D eigenvalue weighted by Gasteiger charge is 2.11. The molecule has 1 aromatic heterocycles. The van der Waals surface area contributed by atoms with E-state index in [-0.39, 0.29) is 0 Å². The smallest absolute Gasteiger partial charge is 0.0705 e. The summed E-state index contributed by atoms with van der Waals surface area (Å²) in [4.78, 5) is 7.07. The van der Waals surface area contributed by atoms with Gasteiger partial charge in [0.15, 0.2) is 0 Å². The van der Waals surface area contributed by atoms with Gasteiger partial charge in [-0.1, -0.05) is 43.3 Å². The highest BCUT2D eigenvalue weighted by atomic mass is 15.1. The van der Waals surface area contributed by atoms with Crippen LogP contribution in [0, 0.1) is 0 Å². The van der Waals surface area contributed by atoms with Crippen molar-refractivity contribution in [2.24, 2.45) is 0 Å². The van der Waals surface area contributed by atoms with Gasteiger partial charge in [0.25, 0.3) is 0 Å². The van der Waals surface area contributed by atoms with Gasteiger partial charge in [-0.25, -0.2) is 0 Å². The lowest BCUT2D eigenvalue weighted by Gasteiger charge is -2.14. The summed E-state index contributed by atoms with van der Waals surface area (Å²) in [5, 5.41) is 0. The molecule has 2 heterocycles. The van der Waals surface area contributed by atoms with E-state index in [2.05, 4.69) is 59.3 Å². The number of aryl methyl sites for hydroxylation is 1. The average Bonchev–Trinajstić information content (AvgIpc) is 3.10. The minimum absolute atomic E-state index is 1.02. The third-order valence-corrected chi connectivity index (χ3v) is 4.37. The number of rotatable bonds is 5. The third-order valence-electron chi connectivity index (χ3n) is 4.37. The van der Waals surface area contributed by atoms with Crippen molar-refractivity contribution in [3.05, 3.63) is 71.6 Å². The van der Waals surface area contributed by atoms with E-state index in [0.29, 0.717) is 0 Å². The van der Waals surface area contributed by atoms with Gasteiger partial charge in [0, 0.05) is 18.3 Å². The molecule has 1 aromatic carbocycles. The van der Waals surface area contributed by atoms with Crippen LogP contribution in [0.5, 0.6) is 0 Å². The van der Waals surface area contributed by atoms with Crippen molar-refractivity contribution >= 4 is 5.57 Å². The van der Waals surface area contributed by atoms with E-state index < -0.39 is 0 Å². The Balaban J connectivity index is 1.89. The van der Waals surface area contributed by atoms with E-state index in [4.69, 9.17) is 0 Å². The lowest BCUT2D eigenvalue weighted by molar-refractivity contribution is 0.377. The number of aromatic nitrogens is 1. The zero-order valence-electron chi connectivity index (χ0n) is 13.3. The van der Waals surface area contributed by atoms with Crippen molar-refractivity contribution < 1.29 is 0 Å². The molecule has 1 fully saturated rings. The molecular formula is C20H24N2. The SMILES string of the molecule is CCc1ccc(/C(=C\CN2CCCC2)c2ccccn2)cc1. The molecule has 2 aromatic rings. The summed E-state index contributed by atoms with van der Waals surface area (Å²) < 4.78 is 0. The van der Waals surface area contributed by atoms with Crippen molar-refractivity contribution in [1.82, 2.24) is 9.88 Å². The molecule has 0 aliphatic carbocycles. The molecule has 0 spiro atoms. The minimum atomic E-state index is 1.02. The first-order valence-corrected chi connectivity index (χ1v) is 8.30. The molecule has 1 aliphatic heterocycles. The zero-order chi connectivity index (χ0) is 15.2. The molecule has 2 nitrogen and oxygen atoms in total. The van der Waals surface area contributed by atoms with Crippen LogP contribution < -0.4 is 0 Å². The van der Waals surface area contributed by atoms with E-state index in [1.165, 1.54) is 42.6 Å². The molecule has 0 bridgehead atoms. The Kier molecular flexibility index (Phi) is 5.02. The normalized spacial score (nSPS) is 16.1. The molecule has 0 saturated carbocycles. The Morgan fingerprint density at radius 3 is 2.50 bits per heavy atom. The van der Waals surface area contributed by atoms with Crippen molar-refractivity contribution in [2.75, 3.05) is 19.6 Å². The monoisotopic (exact) mass is 292 g/mol. The lowest BCUT2D eigenvalue weighted by Crippen LogP contribution is -2.19. The topological polar surface area (TPSA) is 16.1 Å². The number of pyridine rings is 1. The van der Waals surface area contributed by atoms with Crippen LogP contribution in [-0.2, 0) is 6.42 Å². The molecule has 0 N–H and O–H groups in total. The first-order chi connectivity index (χ1) is 10.9. The van der Waals surface area contributed by atoms with Crippen LogP contribution in [0.15, 0.2) is 54.7 Å². The van der Waals surface area contributed by atoms with Crippen molar-refractivity contribution in [2.45, 2.75) is 26.2 Å². The predicted molar refractivity (Wildman–Crippen MR) is 92.8 cm³/mol. The Hall–Kier alpha value is -1.93. The van der Waals surface area contributed by atoms with Gasteiger partial charge >= 0.3 is 0 Å². The third kappa shape index (κ3) is 3.63. The molecule has 114 valence electrons. The van der Waals surface area contributed by atoms with Gasteiger partial charge in [-0.05, 0) is 55.6 Å². The molecule has 1 aliphatic rings. The quantitative estimate of drug-likeness (QED) is 0.822. The van der Waals surface area contributed by atoms with Crippen LogP contribution in [0.25, 0.3) is 5.57 Å². The summed E-state index contributed by atoms with van der Waals surface area (Å²) in [5.74, 6) is 0. The maximum absolute atomic E-state index is 4.56. The van der Waals surface area contributed by atoms with Crippen LogP contribution in [0.3, 0.4) is 0 Å². The van der Waals surface area contributed by atoms with E-state index in [9.17, 15) is 0 Å². The average molecular weight is 292 g/mol. The molecule has 0 atom stereocenters. The summed E-state index contributed by atoms with van der Waals surface area (Å²) in [6.07, 6.45) is 7.96. The molecule has 0 amide bonds. The Morgan fingerprint density at radius 2 is 1.86 bits per heavy atom. The second-order valence-electron chi connectivity index (χ2n) is 5.89. The molecule has 0 radical (unpaired) electrons. The van der Waals surface area contributed by atoms with E-state index in [1.807, 2.05) is 12.3 Å². The first kappa shape index (κ1) is 15.0. The largest absolute Gasteiger partial charge is 0.300 e. The summed E-state index contributed by atoms with van der Waals surface area (Å²) in [6.45, 7) is 5.65. The maximum atomic E-state index is 4.56. The van der Waals surface area contributed by atoms with Crippen LogP contribution in [-0.4, -0.2) is 29.5 Å². The second kappa shape index (κ2) is 7.37. The first-order valence-electron chi connectivity index (χ1n) is 8.30. The summed E-state index contributed by atoms with van der Waals surface area (Å²) in [5.41, 5.74) is 4.94. The van der Waals surface area contributed by atoms with Crippen molar-refractivity contribution in [3.63, 3.8) is 0 Å². The fraction of sp³-hybridized carbons (Fsp3) is 0.350. The van der Waals surface area contributed by atoms with E-state index in [1.54, 1.807) is 0 Å². The second-order valence-corrected chi connectivity index (χ2v) is 5.89. The van der Waals surface area contributed by atoms with Crippen molar-refractivity contribution in [1.29, 1.82) is 0 Å². The standard InChI is InChI=1S/C20H24N2/c1-2-17-8-10-18(11-9-17)19(20-7-3-4-13-21-20)12-16-22-14-5-6-15-22/h3-4,7-13H,2,5-6,14-16H2,1H3/b19-12+. The Morgan fingerprint density at radius 1 is 1.09 bits per heavy atom. The fourth-order valence-corrected chi connectivity index (χ4v) is 3.00. The summed E-state index contributed by atoms with van der Waals surface area (Å²) in [7, 11) is 0. The minimum Gasteiger partial charge on any atom is -0.300 e. The van der Waals surface area contributed by atoms with Gasteiger partial charge in [0.2, 0.25) is 0 Å². The van der Waals surface area contributed by atoms with Gasteiger partial charge in [0.05, 0.1) is 5.69 Å². The molecule has 1 saturated heterocycles. The van der Waals surface area contributed by atoms with Crippen LogP contribution >= 0.6 is 0 Å². The Bertz CT molecular complexity index is 608. The molecule has 3 rings (SSSR count). The van der Waals surface area contributed by atoms with Crippen LogP contribution in [0.4, 0.5) is 0 Å². The molecule has 2 heteroatoms. The molecule has 22 heavy (non-hydrogen) atoms. The van der Waals surface area contributed by atoms with Gasteiger partial charge in [-0.3, -0.25) is 9.88 Å². The highest BCUT2D eigenvalue weighted by Crippen LogP contribution is 2.23. The van der Waals surface area contributed by atoms with Gasteiger partial charge in [-0.2, -0.15) is 0 Å². The molecule has 0 unspecified atom stereocenters. The number of likely N-dealkylation sites (tertiary alicyclic amines) is 1. The number of hydrogen-bond donors (Lipinski definition) is 0. The Labute approximate surface area is 133 Å². The number of nitrogens with zero attached hydrogens (tertiary/aromatic N) is 2. The molecular weight excluding hydrogens is 268 g/mol. The number of benzene rings is 1. The fourth-order valence-electron chi connectivity index (χ4n) is 3.00. The predicted octanol–water partition coefficient (Wildman–Crippen LogP) is 4.17. The lowest BCUT2D eigenvalue weighted by atomic mass is 9.99. The summed E-state index contributed by atoms with van der Waals surface area (Å²) >= 11 is 0. The van der Waals surface area contributed by atoms with Crippen LogP contribution in [0.2, 0.25) is 0 Å². The van der Waals surface area contributed by atoms with E-state index >= 15 is 0 Å². The zero-order valence-corrected chi connectivity index (χ0v) is 13.3. The van der Waals surface area contributed by atoms with Crippen LogP contribution in [0.1, 0.15) is 36.6 Å². The number of hydrogen-bond acceptors (Lipinski definition) is 2. The van der Waals surface area contributed by atoms with E-state index in [0.717, 1.165) is 18.7 Å². The van der Waals surface area contributed by atoms with Gasteiger partial charge in [0.1, 0.15) is 0 Å². The summed E-state index contributed by atoms with van der Waals surface area (Å²) in [6, 6.07) is 15.0. The van der Waals surface area contributed by atoms with Gasteiger partial charge in [-0.15, -0.1) is 0 Å². The highest BCUT2D eigenvalue weighted by molar-refractivity contribution is 5.78.